The number of rotatable bonds is 9. The molecular formula is C22H20Cl4N2O2. The first kappa shape index (κ1) is 24.3. The average Bonchev–Trinajstić information content (AvgIpc) is 2.72. The van der Waals surface area contributed by atoms with E-state index in [-0.39, 0.29) is 11.8 Å². The Kier molecular flexibility index (Phi) is 10.2. The molecule has 2 N–H and O–H groups in total. The Hall–Kier alpha value is -1.98. The molecule has 2 aromatic carbocycles. The molecule has 0 aliphatic rings. The molecule has 158 valence electrons. The van der Waals surface area contributed by atoms with Gasteiger partial charge in [0, 0.05) is 25.2 Å². The van der Waals surface area contributed by atoms with Crippen LogP contribution in [0.1, 0.15) is 24.0 Å². The van der Waals surface area contributed by atoms with E-state index in [0.29, 0.717) is 33.2 Å². The number of hydrogen-bond acceptors (Lipinski definition) is 2. The first-order chi connectivity index (χ1) is 14.3. The maximum Gasteiger partial charge on any atom is 0.243 e. The molecule has 0 saturated carbocycles. The summed E-state index contributed by atoms with van der Waals surface area (Å²) in [4.78, 5) is 23.6. The van der Waals surface area contributed by atoms with E-state index in [2.05, 4.69) is 10.6 Å². The first-order valence-electron chi connectivity index (χ1n) is 9.17. The highest BCUT2D eigenvalue weighted by atomic mass is 35.5. The summed E-state index contributed by atoms with van der Waals surface area (Å²) in [5, 5.41) is 7.39. The second-order valence-corrected chi connectivity index (χ2v) is 7.93. The lowest BCUT2D eigenvalue weighted by Gasteiger charge is -2.04. The molecule has 0 bridgehead atoms. The van der Waals surface area contributed by atoms with Crippen LogP contribution in [0.15, 0.2) is 48.6 Å². The summed E-state index contributed by atoms with van der Waals surface area (Å²) >= 11 is 23.6. The fourth-order valence-corrected chi connectivity index (χ4v) is 2.98. The number of carbonyl (C=O) groups excluding carboxylic acids is 2. The molecule has 0 fully saturated rings. The summed E-state index contributed by atoms with van der Waals surface area (Å²) in [7, 11) is 0. The van der Waals surface area contributed by atoms with E-state index in [0.717, 1.165) is 24.0 Å². The van der Waals surface area contributed by atoms with Crippen molar-refractivity contribution in [3.8, 4) is 0 Å². The van der Waals surface area contributed by atoms with Crippen molar-refractivity contribution in [2.75, 3.05) is 13.1 Å². The van der Waals surface area contributed by atoms with Crippen LogP contribution in [0.4, 0.5) is 0 Å². The summed E-state index contributed by atoms with van der Waals surface area (Å²) in [5.41, 5.74) is 1.58. The fraction of sp³-hybridized carbons (Fsp3) is 0.182. The van der Waals surface area contributed by atoms with Crippen LogP contribution in [0.3, 0.4) is 0 Å². The van der Waals surface area contributed by atoms with Gasteiger partial charge in [0.25, 0.3) is 0 Å². The Morgan fingerprint density at radius 1 is 0.667 bits per heavy atom. The van der Waals surface area contributed by atoms with E-state index in [1.165, 1.54) is 12.2 Å². The highest BCUT2D eigenvalue weighted by Gasteiger charge is 2.00. The smallest absolute Gasteiger partial charge is 0.243 e. The third-order valence-corrected chi connectivity index (χ3v) is 5.42. The quantitative estimate of drug-likeness (QED) is 0.336. The van der Waals surface area contributed by atoms with Crippen molar-refractivity contribution in [2.45, 2.75) is 12.8 Å². The Balaban J connectivity index is 1.60. The van der Waals surface area contributed by atoms with Crippen LogP contribution in [0.5, 0.6) is 0 Å². The van der Waals surface area contributed by atoms with E-state index in [1.807, 2.05) is 0 Å². The van der Waals surface area contributed by atoms with Crippen molar-refractivity contribution >= 4 is 70.4 Å². The van der Waals surface area contributed by atoms with Gasteiger partial charge in [0.1, 0.15) is 0 Å². The molecule has 0 unspecified atom stereocenters. The Labute approximate surface area is 195 Å². The molecule has 0 aliphatic carbocycles. The van der Waals surface area contributed by atoms with Gasteiger partial charge in [0.05, 0.1) is 20.1 Å². The van der Waals surface area contributed by atoms with Crippen LogP contribution < -0.4 is 10.6 Å². The molecule has 0 aromatic heterocycles. The molecular weight excluding hydrogens is 466 g/mol. The number of benzene rings is 2. The molecule has 0 radical (unpaired) electrons. The maximum absolute atomic E-state index is 11.8. The lowest BCUT2D eigenvalue weighted by atomic mass is 10.2. The molecule has 0 heterocycles. The molecule has 2 rings (SSSR count). The van der Waals surface area contributed by atoms with Gasteiger partial charge in [-0.05, 0) is 60.4 Å². The summed E-state index contributed by atoms with van der Waals surface area (Å²) in [6.45, 7) is 1.03. The van der Waals surface area contributed by atoms with Gasteiger partial charge in [-0.3, -0.25) is 9.59 Å². The average molecular weight is 486 g/mol. The van der Waals surface area contributed by atoms with Crippen LogP contribution in [0, 0.1) is 0 Å². The minimum atomic E-state index is -0.199. The van der Waals surface area contributed by atoms with Crippen molar-refractivity contribution in [1.29, 1.82) is 0 Å². The third-order valence-electron chi connectivity index (χ3n) is 3.94. The zero-order valence-corrected chi connectivity index (χ0v) is 19.0. The van der Waals surface area contributed by atoms with E-state index in [9.17, 15) is 9.59 Å². The number of nitrogens with one attached hydrogen (secondary N) is 2. The van der Waals surface area contributed by atoms with E-state index in [4.69, 9.17) is 46.4 Å². The highest BCUT2D eigenvalue weighted by molar-refractivity contribution is 6.42. The summed E-state index contributed by atoms with van der Waals surface area (Å²) < 4.78 is 0. The van der Waals surface area contributed by atoms with Gasteiger partial charge < -0.3 is 10.6 Å². The molecule has 0 saturated heterocycles. The second-order valence-electron chi connectivity index (χ2n) is 6.30. The zero-order valence-electron chi connectivity index (χ0n) is 15.9. The van der Waals surface area contributed by atoms with Crippen LogP contribution >= 0.6 is 46.4 Å². The minimum absolute atomic E-state index is 0.199. The zero-order chi connectivity index (χ0) is 21.9. The predicted molar refractivity (Wildman–Crippen MR) is 126 cm³/mol. The number of halogens is 4. The summed E-state index contributed by atoms with van der Waals surface area (Å²) in [5.74, 6) is -0.399. The number of unbranched alkanes of at least 4 members (excludes halogenated alkanes) is 1. The Morgan fingerprint density at radius 2 is 1.07 bits per heavy atom. The molecule has 4 nitrogen and oxygen atoms in total. The highest BCUT2D eigenvalue weighted by Crippen LogP contribution is 2.23. The van der Waals surface area contributed by atoms with Crippen molar-refractivity contribution < 1.29 is 9.59 Å². The molecule has 30 heavy (non-hydrogen) atoms. The number of amides is 2. The Morgan fingerprint density at radius 3 is 1.43 bits per heavy atom. The van der Waals surface area contributed by atoms with Gasteiger partial charge in [-0.25, -0.2) is 0 Å². The molecule has 2 amide bonds. The first-order valence-corrected chi connectivity index (χ1v) is 10.7. The molecule has 0 atom stereocenters. The number of hydrogen-bond donors (Lipinski definition) is 2. The van der Waals surface area contributed by atoms with Gasteiger partial charge in [-0.1, -0.05) is 58.5 Å². The second kappa shape index (κ2) is 12.7. The van der Waals surface area contributed by atoms with Crippen molar-refractivity contribution in [3.63, 3.8) is 0 Å². The van der Waals surface area contributed by atoms with Gasteiger partial charge in [0.15, 0.2) is 0 Å². The standard InChI is InChI=1S/C22H20Cl4N2O2/c23-17-7-3-15(13-19(17)25)5-9-21(29)27-11-1-2-12-28-22(30)10-6-16-4-8-18(24)20(26)14-16/h3-10,13-14H,1-2,11-12H2,(H,27,29)(H,28,30)/b9-5+,10-6+. The molecule has 8 heteroatoms. The predicted octanol–water partition coefficient (Wildman–Crippen LogP) is 6.04. The van der Waals surface area contributed by atoms with Crippen LogP contribution in [0.25, 0.3) is 12.2 Å². The molecule has 2 aromatic rings. The van der Waals surface area contributed by atoms with Gasteiger partial charge >= 0.3 is 0 Å². The van der Waals surface area contributed by atoms with Gasteiger partial charge in [-0.2, -0.15) is 0 Å². The molecule has 0 aliphatic heterocycles. The largest absolute Gasteiger partial charge is 0.353 e. The maximum atomic E-state index is 11.8. The summed E-state index contributed by atoms with van der Waals surface area (Å²) in [6.07, 6.45) is 7.69. The van der Waals surface area contributed by atoms with Crippen LogP contribution in [0.2, 0.25) is 20.1 Å². The monoisotopic (exact) mass is 484 g/mol. The topological polar surface area (TPSA) is 58.2 Å². The Bertz CT molecular complexity index is 881. The lowest BCUT2D eigenvalue weighted by Crippen LogP contribution is -2.25. The van der Waals surface area contributed by atoms with Crippen molar-refractivity contribution in [3.05, 3.63) is 79.8 Å². The van der Waals surface area contributed by atoms with Crippen molar-refractivity contribution in [1.82, 2.24) is 10.6 Å². The van der Waals surface area contributed by atoms with E-state index < -0.39 is 0 Å². The van der Waals surface area contributed by atoms with Crippen LogP contribution in [-0.4, -0.2) is 24.9 Å². The molecule has 0 spiro atoms. The third kappa shape index (κ3) is 8.80. The van der Waals surface area contributed by atoms with Gasteiger partial charge in [-0.15, -0.1) is 0 Å². The summed E-state index contributed by atoms with van der Waals surface area (Å²) in [6, 6.07) is 10.3. The fourth-order valence-electron chi connectivity index (χ4n) is 2.37. The van der Waals surface area contributed by atoms with Crippen LogP contribution in [-0.2, 0) is 9.59 Å². The van der Waals surface area contributed by atoms with E-state index >= 15 is 0 Å². The number of carbonyl (C=O) groups is 2. The van der Waals surface area contributed by atoms with Crippen molar-refractivity contribution in [2.24, 2.45) is 0 Å². The SMILES string of the molecule is O=C(/C=C/c1ccc(Cl)c(Cl)c1)NCCCCNC(=O)/C=C/c1ccc(Cl)c(Cl)c1. The van der Waals surface area contributed by atoms with E-state index in [1.54, 1.807) is 48.6 Å². The lowest BCUT2D eigenvalue weighted by molar-refractivity contribution is -0.117. The van der Waals surface area contributed by atoms with Gasteiger partial charge in [0.2, 0.25) is 11.8 Å². The minimum Gasteiger partial charge on any atom is -0.353 e. The normalized spacial score (nSPS) is 11.2.